The number of benzene rings is 1. The van der Waals surface area contributed by atoms with Gasteiger partial charge < -0.3 is 9.73 Å². The van der Waals surface area contributed by atoms with E-state index in [0.717, 1.165) is 18.1 Å². The minimum absolute atomic E-state index is 0.304. The van der Waals surface area contributed by atoms with Crippen LogP contribution < -0.4 is 5.32 Å². The average molecular weight is 255 g/mol. The molecule has 1 aromatic heterocycles. The topological polar surface area (TPSA) is 25.2 Å². The van der Waals surface area contributed by atoms with Crippen LogP contribution in [0.15, 0.2) is 46.9 Å². The minimum Gasteiger partial charge on any atom is -0.466 e. The van der Waals surface area contributed by atoms with Crippen LogP contribution in [0.25, 0.3) is 6.08 Å². The first-order valence-corrected chi connectivity index (χ1v) is 6.68. The lowest BCUT2D eigenvalue weighted by Gasteiger charge is -2.11. The van der Waals surface area contributed by atoms with E-state index in [4.69, 9.17) is 4.42 Å². The van der Waals surface area contributed by atoms with Gasteiger partial charge in [0.15, 0.2) is 0 Å². The zero-order valence-electron chi connectivity index (χ0n) is 11.8. The maximum Gasteiger partial charge on any atom is 0.105 e. The van der Waals surface area contributed by atoms with Gasteiger partial charge in [0.2, 0.25) is 0 Å². The summed E-state index contributed by atoms with van der Waals surface area (Å²) in [5.41, 5.74) is 2.47. The molecule has 2 heteroatoms. The summed E-state index contributed by atoms with van der Waals surface area (Å²) in [6.07, 6.45) is 4.28. The summed E-state index contributed by atoms with van der Waals surface area (Å²) in [7, 11) is 0. The molecule has 1 unspecified atom stereocenters. The van der Waals surface area contributed by atoms with Crippen LogP contribution in [0.5, 0.6) is 0 Å². The van der Waals surface area contributed by atoms with Gasteiger partial charge in [-0.05, 0) is 32.4 Å². The number of rotatable bonds is 5. The quantitative estimate of drug-likeness (QED) is 0.863. The van der Waals surface area contributed by atoms with Crippen molar-refractivity contribution in [2.75, 3.05) is 6.54 Å². The molecule has 2 nitrogen and oxygen atoms in total. The first-order chi connectivity index (χ1) is 9.16. The molecule has 1 heterocycles. The van der Waals surface area contributed by atoms with E-state index in [-0.39, 0.29) is 0 Å². The molecule has 2 aromatic rings. The van der Waals surface area contributed by atoms with Gasteiger partial charge in [0.1, 0.15) is 11.5 Å². The molecule has 1 N–H and O–H groups in total. The molecular formula is C17H21NO. The van der Waals surface area contributed by atoms with Crippen molar-refractivity contribution in [2.24, 2.45) is 0 Å². The second-order valence-electron chi connectivity index (χ2n) is 4.81. The van der Waals surface area contributed by atoms with Crippen LogP contribution in [0.4, 0.5) is 0 Å². The third-order valence-electron chi connectivity index (χ3n) is 3.20. The van der Waals surface area contributed by atoms with Crippen LogP contribution in [-0.4, -0.2) is 6.54 Å². The Morgan fingerprint density at radius 1 is 1.21 bits per heavy atom. The van der Waals surface area contributed by atoms with E-state index in [2.05, 4.69) is 42.6 Å². The first kappa shape index (κ1) is 13.6. The second kappa shape index (κ2) is 6.39. The Labute approximate surface area is 115 Å². The molecule has 0 radical (unpaired) electrons. The van der Waals surface area contributed by atoms with Crippen molar-refractivity contribution in [3.8, 4) is 0 Å². The largest absolute Gasteiger partial charge is 0.466 e. The van der Waals surface area contributed by atoms with Gasteiger partial charge in [0, 0.05) is 18.2 Å². The molecule has 2 rings (SSSR count). The van der Waals surface area contributed by atoms with E-state index in [0.29, 0.717) is 6.04 Å². The summed E-state index contributed by atoms with van der Waals surface area (Å²) < 4.78 is 5.55. The van der Waals surface area contributed by atoms with Crippen LogP contribution in [0.3, 0.4) is 0 Å². The predicted octanol–water partition coefficient (Wildman–Crippen LogP) is 4.26. The highest BCUT2D eigenvalue weighted by molar-refractivity contribution is 5.48. The Kier molecular flexibility index (Phi) is 4.58. The fourth-order valence-electron chi connectivity index (χ4n) is 2.19. The number of hydrogen-bond donors (Lipinski definition) is 1. The molecule has 0 fully saturated rings. The monoisotopic (exact) mass is 255 g/mol. The lowest BCUT2D eigenvalue weighted by atomic mass is 10.1. The fourth-order valence-corrected chi connectivity index (χ4v) is 2.19. The van der Waals surface area contributed by atoms with Gasteiger partial charge in [-0.25, -0.2) is 0 Å². The van der Waals surface area contributed by atoms with Crippen molar-refractivity contribution >= 4 is 6.08 Å². The van der Waals surface area contributed by atoms with E-state index < -0.39 is 0 Å². The lowest BCUT2D eigenvalue weighted by Crippen LogP contribution is -2.18. The summed E-state index contributed by atoms with van der Waals surface area (Å²) in [5.74, 6) is 1.98. The highest BCUT2D eigenvalue weighted by Gasteiger charge is 2.10. The molecular weight excluding hydrogens is 234 g/mol. The molecule has 19 heavy (non-hydrogen) atoms. The predicted molar refractivity (Wildman–Crippen MR) is 80.1 cm³/mol. The Morgan fingerprint density at radius 2 is 1.95 bits per heavy atom. The number of nitrogens with one attached hydrogen (secondary N) is 1. The highest BCUT2D eigenvalue weighted by atomic mass is 16.3. The number of furan rings is 1. The molecule has 100 valence electrons. The molecule has 0 bridgehead atoms. The summed E-state index contributed by atoms with van der Waals surface area (Å²) in [4.78, 5) is 0. The number of hydrogen-bond acceptors (Lipinski definition) is 2. The van der Waals surface area contributed by atoms with Crippen LogP contribution in [0, 0.1) is 13.8 Å². The minimum atomic E-state index is 0.304. The van der Waals surface area contributed by atoms with E-state index in [1.165, 1.54) is 11.1 Å². The van der Waals surface area contributed by atoms with Gasteiger partial charge in [-0.2, -0.15) is 0 Å². The molecule has 0 saturated heterocycles. The van der Waals surface area contributed by atoms with Gasteiger partial charge in [-0.3, -0.25) is 0 Å². The molecule has 1 atom stereocenters. The van der Waals surface area contributed by atoms with E-state index in [9.17, 15) is 0 Å². The van der Waals surface area contributed by atoms with Crippen LogP contribution in [0.2, 0.25) is 0 Å². The fraction of sp³-hybridized carbons (Fsp3) is 0.294. The van der Waals surface area contributed by atoms with Crippen LogP contribution >= 0.6 is 0 Å². The molecule has 0 aliphatic carbocycles. The van der Waals surface area contributed by atoms with Crippen molar-refractivity contribution < 1.29 is 4.42 Å². The van der Waals surface area contributed by atoms with E-state index in [1.54, 1.807) is 0 Å². The van der Waals surface area contributed by atoms with Crippen LogP contribution in [0.1, 0.15) is 35.6 Å². The molecule has 0 aliphatic rings. The SMILES string of the molecule is Cc1cc(C(C)NCC=Cc2ccccc2)c(C)o1. The van der Waals surface area contributed by atoms with Crippen molar-refractivity contribution in [1.29, 1.82) is 0 Å². The summed E-state index contributed by atoms with van der Waals surface area (Å²) in [5, 5.41) is 3.48. The van der Waals surface area contributed by atoms with Gasteiger partial charge >= 0.3 is 0 Å². The van der Waals surface area contributed by atoms with Crippen molar-refractivity contribution in [2.45, 2.75) is 26.8 Å². The van der Waals surface area contributed by atoms with Gasteiger partial charge in [0.25, 0.3) is 0 Å². The van der Waals surface area contributed by atoms with Gasteiger partial charge in [-0.15, -0.1) is 0 Å². The lowest BCUT2D eigenvalue weighted by molar-refractivity contribution is 0.493. The normalized spacial score (nSPS) is 13.0. The molecule has 0 spiro atoms. The van der Waals surface area contributed by atoms with E-state index in [1.807, 2.05) is 32.0 Å². The van der Waals surface area contributed by atoms with E-state index >= 15 is 0 Å². The molecule has 0 amide bonds. The van der Waals surface area contributed by atoms with Crippen LogP contribution in [-0.2, 0) is 0 Å². The Morgan fingerprint density at radius 3 is 2.58 bits per heavy atom. The standard InChI is InChI=1S/C17H21NO/c1-13-12-17(15(3)19-13)14(2)18-11-7-10-16-8-5-4-6-9-16/h4-10,12,14,18H,11H2,1-3H3. The second-order valence-corrected chi connectivity index (χ2v) is 4.81. The smallest absolute Gasteiger partial charge is 0.105 e. The van der Waals surface area contributed by atoms with Crippen molar-refractivity contribution in [3.05, 3.63) is 65.1 Å². The Hall–Kier alpha value is -1.80. The van der Waals surface area contributed by atoms with Gasteiger partial charge in [0.05, 0.1) is 0 Å². The van der Waals surface area contributed by atoms with Crippen molar-refractivity contribution in [1.82, 2.24) is 5.32 Å². The number of aryl methyl sites for hydroxylation is 2. The zero-order valence-corrected chi connectivity index (χ0v) is 11.8. The molecule has 1 aromatic carbocycles. The summed E-state index contributed by atoms with van der Waals surface area (Å²) >= 11 is 0. The summed E-state index contributed by atoms with van der Waals surface area (Å²) in [6.45, 7) is 7.01. The molecule has 0 aliphatic heterocycles. The van der Waals surface area contributed by atoms with Gasteiger partial charge in [-0.1, -0.05) is 42.5 Å². The summed E-state index contributed by atoms with van der Waals surface area (Å²) in [6, 6.07) is 12.7. The first-order valence-electron chi connectivity index (χ1n) is 6.68. The average Bonchev–Trinajstić information content (AvgIpc) is 2.75. The maximum absolute atomic E-state index is 5.55. The third-order valence-corrected chi connectivity index (χ3v) is 3.20. The molecule has 0 saturated carbocycles. The van der Waals surface area contributed by atoms with Crippen molar-refractivity contribution in [3.63, 3.8) is 0 Å². The maximum atomic E-state index is 5.55. The Bertz CT molecular complexity index is 540. The Balaban J connectivity index is 1.86. The highest BCUT2D eigenvalue weighted by Crippen LogP contribution is 2.20. The zero-order chi connectivity index (χ0) is 13.7. The third kappa shape index (κ3) is 3.83.